The fourth-order valence-corrected chi connectivity index (χ4v) is 5.28. The Kier molecular flexibility index (Phi) is 6.12. The first-order valence-electron chi connectivity index (χ1n) is 5.79. The minimum absolute atomic E-state index is 0. The summed E-state index contributed by atoms with van der Waals surface area (Å²) in [7, 11) is -0.278. The van der Waals surface area contributed by atoms with Crippen molar-refractivity contribution in [3.8, 4) is 0 Å². The highest BCUT2D eigenvalue weighted by molar-refractivity contribution is 9.10. The molecule has 1 atom stereocenters. The van der Waals surface area contributed by atoms with Crippen molar-refractivity contribution < 1.29 is 0 Å². The van der Waals surface area contributed by atoms with Crippen molar-refractivity contribution >= 4 is 42.9 Å². The molecule has 0 N–H and O–H groups in total. The minimum atomic E-state index is -0.278. The largest absolute Gasteiger partial charge is 0.0814 e. The molecular formula is C15H19BBrP. The summed E-state index contributed by atoms with van der Waals surface area (Å²) in [5.41, 5.74) is 0.645. The molecule has 2 rings (SSSR count). The van der Waals surface area contributed by atoms with Gasteiger partial charge in [-0.25, -0.2) is 0 Å². The Morgan fingerprint density at radius 3 is 2.00 bits per heavy atom. The lowest BCUT2D eigenvalue weighted by Gasteiger charge is -2.23. The van der Waals surface area contributed by atoms with E-state index in [1.807, 2.05) is 0 Å². The molecule has 0 saturated carbocycles. The van der Waals surface area contributed by atoms with Crippen molar-refractivity contribution in [3.63, 3.8) is 0 Å². The molecule has 0 saturated heterocycles. The summed E-state index contributed by atoms with van der Waals surface area (Å²) in [6.07, 6.45) is 0. The third kappa shape index (κ3) is 3.46. The van der Waals surface area contributed by atoms with Crippen LogP contribution in [0.2, 0.25) is 0 Å². The van der Waals surface area contributed by atoms with Crippen LogP contribution in [0.1, 0.15) is 13.8 Å². The van der Waals surface area contributed by atoms with Gasteiger partial charge in [0.25, 0.3) is 0 Å². The van der Waals surface area contributed by atoms with Gasteiger partial charge in [0.2, 0.25) is 0 Å². The van der Waals surface area contributed by atoms with E-state index in [9.17, 15) is 0 Å². The maximum atomic E-state index is 3.68. The molecule has 0 fully saturated rings. The fraction of sp³-hybridized carbons (Fsp3) is 0.200. The first-order chi connectivity index (χ1) is 8.20. The normalized spacial score (nSPS) is 12.0. The Hall–Kier alpha value is -0.585. The van der Waals surface area contributed by atoms with Crippen molar-refractivity contribution in [1.82, 2.24) is 0 Å². The Balaban J connectivity index is 0.00000162. The lowest BCUT2D eigenvalue weighted by Crippen LogP contribution is -2.18. The molecule has 0 aliphatic heterocycles. The summed E-state index contributed by atoms with van der Waals surface area (Å²) in [5.74, 6) is 0. The van der Waals surface area contributed by atoms with Crippen LogP contribution in [0, 0.1) is 0 Å². The molecule has 0 heterocycles. The molecular weight excluding hydrogens is 302 g/mol. The third-order valence-corrected chi connectivity index (χ3v) is 6.46. The Morgan fingerprint density at radius 2 is 1.44 bits per heavy atom. The zero-order valence-corrected chi connectivity index (χ0v) is 12.6. The average Bonchev–Trinajstić information content (AvgIpc) is 2.33. The van der Waals surface area contributed by atoms with Crippen molar-refractivity contribution in [2.75, 3.05) is 0 Å². The van der Waals surface area contributed by atoms with Crippen molar-refractivity contribution in [2.45, 2.75) is 19.5 Å². The number of hydrogen-bond donors (Lipinski definition) is 0. The van der Waals surface area contributed by atoms with Gasteiger partial charge in [0, 0.05) is 4.47 Å². The van der Waals surface area contributed by atoms with Crippen molar-refractivity contribution in [2.24, 2.45) is 0 Å². The highest BCUT2D eigenvalue weighted by atomic mass is 79.9. The molecule has 0 nitrogen and oxygen atoms in total. The van der Waals surface area contributed by atoms with Gasteiger partial charge in [-0.1, -0.05) is 78.3 Å². The molecule has 0 amide bonds. The van der Waals surface area contributed by atoms with E-state index >= 15 is 0 Å². The quantitative estimate of drug-likeness (QED) is 0.602. The summed E-state index contributed by atoms with van der Waals surface area (Å²) in [6.45, 7) is 4.61. The highest BCUT2D eigenvalue weighted by Crippen LogP contribution is 2.40. The minimum Gasteiger partial charge on any atom is -0.0622 e. The molecule has 0 bridgehead atoms. The molecule has 3 heteroatoms. The molecule has 2 aromatic rings. The molecule has 0 spiro atoms. The van der Waals surface area contributed by atoms with Crippen molar-refractivity contribution in [1.29, 1.82) is 0 Å². The first-order valence-corrected chi connectivity index (χ1v) is 7.99. The maximum Gasteiger partial charge on any atom is 0.0814 e. The van der Waals surface area contributed by atoms with Crippen LogP contribution in [0.5, 0.6) is 0 Å². The molecule has 0 aliphatic rings. The molecule has 0 aromatic heterocycles. The fourth-order valence-electron chi connectivity index (χ4n) is 1.95. The zero-order chi connectivity index (χ0) is 12.3. The van der Waals surface area contributed by atoms with Gasteiger partial charge < -0.3 is 0 Å². The summed E-state index contributed by atoms with van der Waals surface area (Å²) in [5, 5.41) is 2.88. The van der Waals surface area contributed by atoms with E-state index in [0.29, 0.717) is 5.66 Å². The smallest absolute Gasteiger partial charge is 0.0622 e. The number of benzene rings is 2. The van der Waals surface area contributed by atoms with Gasteiger partial charge in [0.1, 0.15) is 0 Å². The van der Waals surface area contributed by atoms with Crippen LogP contribution >= 0.6 is 23.9 Å². The lowest BCUT2D eigenvalue weighted by atomic mass is 10.4. The Labute approximate surface area is 121 Å². The van der Waals surface area contributed by atoms with E-state index in [1.54, 1.807) is 0 Å². The molecule has 0 unspecified atom stereocenters. The van der Waals surface area contributed by atoms with E-state index < -0.39 is 0 Å². The third-order valence-electron chi connectivity index (χ3n) is 2.66. The monoisotopic (exact) mass is 320 g/mol. The Bertz CT molecular complexity index is 485. The van der Waals surface area contributed by atoms with Crippen LogP contribution in [0.25, 0.3) is 0 Å². The summed E-state index contributed by atoms with van der Waals surface area (Å²) in [4.78, 5) is 0. The Morgan fingerprint density at radius 1 is 0.889 bits per heavy atom. The summed E-state index contributed by atoms with van der Waals surface area (Å²) in [6, 6.07) is 19.4. The van der Waals surface area contributed by atoms with Crippen LogP contribution in [-0.2, 0) is 0 Å². The van der Waals surface area contributed by atoms with Gasteiger partial charge >= 0.3 is 0 Å². The number of halogens is 1. The second-order valence-corrected chi connectivity index (χ2v) is 7.88. The average molecular weight is 321 g/mol. The molecule has 18 heavy (non-hydrogen) atoms. The SMILES string of the molecule is B.CC(C)[P@@](c1ccccc1)c1ccccc1Br. The van der Waals surface area contributed by atoms with Crippen LogP contribution in [-0.4, -0.2) is 14.1 Å². The van der Waals surface area contributed by atoms with E-state index in [2.05, 4.69) is 84.4 Å². The lowest BCUT2D eigenvalue weighted by molar-refractivity contribution is 1.10. The second-order valence-electron chi connectivity index (χ2n) is 4.25. The van der Waals surface area contributed by atoms with E-state index in [4.69, 9.17) is 0 Å². The van der Waals surface area contributed by atoms with Gasteiger partial charge in [-0.3, -0.25) is 0 Å². The van der Waals surface area contributed by atoms with Gasteiger partial charge in [-0.2, -0.15) is 0 Å². The van der Waals surface area contributed by atoms with Crippen LogP contribution in [0.3, 0.4) is 0 Å². The second kappa shape index (κ2) is 7.11. The maximum absolute atomic E-state index is 3.68. The number of hydrogen-bond acceptors (Lipinski definition) is 0. The zero-order valence-electron chi connectivity index (χ0n) is 10.1. The van der Waals surface area contributed by atoms with Gasteiger partial charge in [0.05, 0.1) is 8.41 Å². The summed E-state index contributed by atoms with van der Waals surface area (Å²) >= 11 is 3.68. The molecule has 2 aromatic carbocycles. The summed E-state index contributed by atoms with van der Waals surface area (Å²) < 4.78 is 1.23. The molecule has 0 aliphatic carbocycles. The van der Waals surface area contributed by atoms with E-state index in [0.717, 1.165) is 0 Å². The highest BCUT2D eigenvalue weighted by Gasteiger charge is 2.19. The van der Waals surface area contributed by atoms with Crippen LogP contribution < -0.4 is 10.6 Å². The van der Waals surface area contributed by atoms with E-state index in [1.165, 1.54) is 15.1 Å². The van der Waals surface area contributed by atoms with Crippen LogP contribution in [0.4, 0.5) is 0 Å². The van der Waals surface area contributed by atoms with E-state index in [-0.39, 0.29) is 16.3 Å². The number of rotatable bonds is 3. The molecule has 0 radical (unpaired) electrons. The standard InChI is InChI=1S/C15H16BrP.BH3/c1-12(2)17(13-8-4-3-5-9-13)15-11-7-6-10-14(15)16;/h3-12H,1-2H3;1H3/t17-;/m0./s1. The van der Waals surface area contributed by atoms with Crippen LogP contribution in [0.15, 0.2) is 59.1 Å². The predicted molar refractivity (Wildman–Crippen MR) is 91.8 cm³/mol. The van der Waals surface area contributed by atoms with Crippen molar-refractivity contribution in [3.05, 3.63) is 59.1 Å². The van der Waals surface area contributed by atoms with Gasteiger partial charge in [-0.15, -0.1) is 0 Å². The predicted octanol–water partition coefficient (Wildman–Crippen LogP) is 3.11. The van der Waals surface area contributed by atoms with Gasteiger partial charge in [0.15, 0.2) is 0 Å². The van der Waals surface area contributed by atoms with Gasteiger partial charge in [-0.05, 0) is 30.3 Å². The topological polar surface area (TPSA) is 0 Å². The molecule has 94 valence electrons. The first kappa shape index (κ1) is 15.5.